The largest absolute Gasteiger partial charge is 0.327 e. The highest BCUT2D eigenvalue weighted by atomic mass is 16.2. The van der Waals surface area contributed by atoms with Gasteiger partial charge in [0.05, 0.1) is 12.2 Å². The fraction of sp³-hybridized carbons (Fsp3) is 0.417. The fourth-order valence-electron chi connectivity index (χ4n) is 2.20. The first-order valence-corrected chi connectivity index (χ1v) is 5.55. The van der Waals surface area contributed by atoms with Crippen molar-refractivity contribution in [1.82, 2.24) is 14.5 Å². The number of hydrogen-bond acceptors (Lipinski definition) is 3. The summed E-state index contributed by atoms with van der Waals surface area (Å²) in [4.78, 5) is 29.0. The van der Waals surface area contributed by atoms with E-state index in [9.17, 15) is 9.59 Å². The van der Waals surface area contributed by atoms with Crippen molar-refractivity contribution in [2.24, 2.45) is 0 Å². The first-order chi connectivity index (χ1) is 8.06. The predicted octanol–water partition coefficient (Wildman–Crippen LogP) is 1.17. The van der Waals surface area contributed by atoms with Gasteiger partial charge < -0.3 is 9.47 Å². The molecule has 0 saturated heterocycles. The number of hydrogen-bond donors (Lipinski definition) is 0. The summed E-state index contributed by atoms with van der Waals surface area (Å²) in [6.45, 7) is 8.10. The van der Waals surface area contributed by atoms with Gasteiger partial charge in [-0.3, -0.25) is 9.59 Å². The smallest absolute Gasteiger partial charge is 0.246 e. The van der Waals surface area contributed by atoms with Gasteiger partial charge >= 0.3 is 0 Å². The Kier molecular flexibility index (Phi) is 2.83. The minimum atomic E-state index is -0.123. The molecule has 0 saturated carbocycles. The fourth-order valence-corrected chi connectivity index (χ4v) is 2.20. The van der Waals surface area contributed by atoms with Gasteiger partial charge in [0.25, 0.3) is 0 Å². The molecule has 1 amide bonds. The number of carbonyl (C=O) groups excluding carboxylic acids is 2. The molecule has 5 heteroatoms. The van der Waals surface area contributed by atoms with Crippen molar-refractivity contribution in [3.05, 3.63) is 30.4 Å². The molecular formula is C12H15N3O2. The van der Waals surface area contributed by atoms with E-state index in [0.717, 1.165) is 5.82 Å². The van der Waals surface area contributed by atoms with E-state index >= 15 is 0 Å². The summed E-state index contributed by atoms with van der Waals surface area (Å²) in [5.74, 6) is 0.659. The third-order valence-electron chi connectivity index (χ3n) is 3.11. The Balaban J connectivity index is 2.37. The Morgan fingerprint density at radius 3 is 2.82 bits per heavy atom. The van der Waals surface area contributed by atoms with Gasteiger partial charge in [-0.05, 0) is 13.0 Å². The van der Waals surface area contributed by atoms with Crippen LogP contribution in [0.4, 0.5) is 0 Å². The quantitative estimate of drug-likeness (QED) is 0.569. The topological polar surface area (TPSA) is 55.2 Å². The van der Waals surface area contributed by atoms with Crippen LogP contribution in [0.2, 0.25) is 0 Å². The molecule has 0 radical (unpaired) electrons. The van der Waals surface area contributed by atoms with Crippen LogP contribution in [0.25, 0.3) is 0 Å². The van der Waals surface area contributed by atoms with Crippen molar-refractivity contribution < 1.29 is 9.59 Å². The summed E-state index contributed by atoms with van der Waals surface area (Å²) in [6.07, 6.45) is 2.89. The molecule has 17 heavy (non-hydrogen) atoms. The van der Waals surface area contributed by atoms with Crippen molar-refractivity contribution >= 4 is 11.7 Å². The number of fused-ring (bicyclic) bond motifs is 1. The van der Waals surface area contributed by atoms with E-state index in [2.05, 4.69) is 11.6 Å². The van der Waals surface area contributed by atoms with Crippen LogP contribution in [0.5, 0.6) is 0 Å². The van der Waals surface area contributed by atoms with Crippen LogP contribution in [-0.2, 0) is 11.3 Å². The Morgan fingerprint density at radius 1 is 1.53 bits per heavy atom. The van der Waals surface area contributed by atoms with Gasteiger partial charge in [-0.2, -0.15) is 0 Å². The summed E-state index contributed by atoms with van der Waals surface area (Å²) in [5, 5.41) is 0. The summed E-state index contributed by atoms with van der Waals surface area (Å²) < 4.78 is 1.89. The normalized spacial score (nSPS) is 18.7. The molecule has 0 aliphatic carbocycles. The molecule has 0 aromatic carbocycles. The number of imidazole rings is 1. The van der Waals surface area contributed by atoms with Gasteiger partial charge in [0.1, 0.15) is 11.5 Å². The molecule has 1 unspecified atom stereocenters. The zero-order chi connectivity index (χ0) is 12.6. The zero-order valence-corrected chi connectivity index (χ0v) is 10.0. The van der Waals surface area contributed by atoms with Crippen molar-refractivity contribution in [2.75, 3.05) is 6.54 Å². The highest BCUT2D eigenvalue weighted by Gasteiger charge is 2.29. The molecule has 1 aromatic heterocycles. The van der Waals surface area contributed by atoms with Crippen LogP contribution >= 0.6 is 0 Å². The lowest BCUT2D eigenvalue weighted by Gasteiger charge is -2.33. The molecule has 1 aromatic rings. The van der Waals surface area contributed by atoms with Crippen molar-refractivity contribution in [3.8, 4) is 0 Å². The second-order valence-corrected chi connectivity index (χ2v) is 4.12. The molecule has 90 valence electrons. The summed E-state index contributed by atoms with van der Waals surface area (Å²) in [6, 6.07) is -0.123. The van der Waals surface area contributed by atoms with Gasteiger partial charge in [0.2, 0.25) is 5.91 Å². The van der Waals surface area contributed by atoms with Crippen LogP contribution in [0.3, 0.4) is 0 Å². The molecule has 1 aliphatic heterocycles. The molecule has 0 bridgehead atoms. The van der Waals surface area contributed by atoms with Crippen LogP contribution in [0, 0.1) is 0 Å². The molecule has 0 fully saturated rings. The van der Waals surface area contributed by atoms with Gasteiger partial charge in [0, 0.05) is 20.0 Å². The van der Waals surface area contributed by atoms with Gasteiger partial charge in [0.15, 0.2) is 5.78 Å². The average molecular weight is 233 g/mol. The van der Waals surface area contributed by atoms with Gasteiger partial charge in [-0.1, -0.05) is 6.58 Å². The van der Waals surface area contributed by atoms with Crippen LogP contribution < -0.4 is 0 Å². The van der Waals surface area contributed by atoms with E-state index in [0.29, 0.717) is 18.8 Å². The summed E-state index contributed by atoms with van der Waals surface area (Å²) in [7, 11) is 0. The second-order valence-electron chi connectivity index (χ2n) is 4.12. The van der Waals surface area contributed by atoms with E-state index < -0.39 is 0 Å². The summed E-state index contributed by atoms with van der Waals surface area (Å²) in [5.41, 5.74) is 0.609. The molecule has 1 aliphatic rings. The third-order valence-corrected chi connectivity index (χ3v) is 3.11. The first-order valence-electron chi connectivity index (χ1n) is 5.55. The molecule has 2 rings (SSSR count). The van der Waals surface area contributed by atoms with E-state index in [1.165, 1.54) is 13.0 Å². The maximum absolute atomic E-state index is 11.6. The zero-order valence-electron chi connectivity index (χ0n) is 10.0. The van der Waals surface area contributed by atoms with E-state index in [-0.39, 0.29) is 17.7 Å². The van der Waals surface area contributed by atoms with Gasteiger partial charge in [-0.25, -0.2) is 4.98 Å². The maximum Gasteiger partial charge on any atom is 0.246 e. The molecule has 0 N–H and O–H groups in total. The minimum Gasteiger partial charge on any atom is -0.327 e. The maximum atomic E-state index is 11.6. The number of amides is 1. The van der Waals surface area contributed by atoms with Crippen LogP contribution in [0.1, 0.15) is 36.2 Å². The van der Waals surface area contributed by atoms with Crippen molar-refractivity contribution in [3.63, 3.8) is 0 Å². The first kappa shape index (κ1) is 11.6. The lowest BCUT2D eigenvalue weighted by Crippen LogP contribution is -2.40. The molecule has 1 atom stereocenters. The van der Waals surface area contributed by atoms with E-state index in [1.54, 1.807) is 11.1 Å². The molecule has 0 spiro atoms. The van der Waals surface area contributed by atoms with Crippen LogP contribution in [-0.4, -0.2) is 32.7 Å². The standard InChI is InChI=1S/C12H15N3O2/c1-4-11(17)14-5-6-15-10(9(3)16)7-13-12(15)8(14)2/h4,7-8H,1,5-6H2,2-3H3. The number of carbonyl (C=O) groups is 2. The number of rotatable bonds is 2. The lowest BCUT2D eigenvalue weighted by molar-refractivity contribution is -0.129. The Labute approximate surface area is 99.7 Å². The summed E-state index contributed by atoms with van der Waals surface area (Å²) >= 11 is 0. The highest BCUT2D eigenvalue weighted by molar-refractivity contribution is 5.92. The minimum absolute atomic E-state index is 0.000512. The SMILES string of the molecule is C=CC(=O)N1CCn2c(C(C)=O)cnc2C1C. The lowest BCUT2D eigenvalue weighted by atomic mass is 10.2. The Hall–Kier alpha value is -1.91. The Morgan fingerprint density at radius 2 is 2.24 bits per heavy atom. The number of aromatic nitrogens is 2. The third kappa shape index (κ3) is 1.77. The number of Topliss-reactive ketones (excluding diaryl/α,β-unsaturated/α-hetero) is 1. The van der Waals surface area contributed by atoms with Crippen LogP contribution in [0.15, 0.2) is 18.9 Å². The monoisotopic (exact) mass is 233 g/mol. The van der Waals surface area contributed by atoms with Crippen molar-refractivity contribution in [1.29, 1.82) is 0 Å². The van der Waals surface area contributed by atoms with E-state index in [1.807, 2.05) is 11.5 Å². The second kappa shape index (κ2) is 4.16. The number of ketones is 1. The highest BCUT2D eigenvalue weighted by Crippen LogP contribution is 2.25. The van der Waals surface area contributed by atoms with Crippen molar-refractivity contribution in [2.45, 2.75) is 26.4 Å². The Bertz CT molecular complexity index is 490. The van der Waals surface area contributed by atoms with E-state index in [4.69, 9.17) is 0 Å². The number of nitrogens with zero attached hydrogens (tertiary/aromatic N) is 3. The molecule has 2 heterocycles. The average Bonchev–Trinajstić information content (AvgIpc) is 2.73. The molecule has 5 nitrogen and oxygen atoms in total. The molecular weight excluding hydrogens is 218 g/mol. The van der Waals surface area contributed by atoms with Gasteiger partial charge in [-0.15, -0.1) is 0 Å². The predicted molar refractivity (Wildman–Crippen MR) is 62.6 cm³/mol.